The van der Waals surface area contributed by atoms with Crippen LogP contribution in [0.15, 0.2) is 18.2 Å². The summed E-state index contributed by atoms with van der Waals surface area (Å²) in [7, 11) is 0. The molecule has 1 aliphatic carbocycles. The number of fused-ring (bicyclic) bond motifs is 1. The maximum absolute atomic E-state index is 12.9. The second kappa shape index (κ2) is 5.75. The van der Waals surface area contributed by atoms with E-state index in [0.717, 1.165) is 49.8 Å². The van der Waals surface area contributed by atoms with Gasteiger partial charge in [-0.3, -0.25) is 9.59 Å². The molecular formula is C18H24N2O2. The maximum atomic E-state index is 12.9. The summed E-state index contributed by atoms with van der Waals surface area (Å²) >= 11 is 0. The largest absolute Gasteiger partial charge is 0.366 e. The van der Waals surface area contributed by atoms with E-state index in [2.05, 4.69) is 6.92 Å². The Hall–Kier alpha value is -1.84. The molecule has 0 unspecified atom stereocenters. The molecule has 118 valence electrons. The molecule has 0 bridgehead atoms. The van der Waals surface area contributed by atoms with Crippen molar-refractivity contribution in [3.8, 4) is 0 Å². The first-order valence-corrected chi connectivity index (χ1v) is 8.21. The van der Waals surface area contributed by atoms with E-state index in [1.54, 1.807) is 6.07 Å². The van der Waals surface area contributed by atoms with Crippen LogP contribution >= 0.6 is 0 Å². The number of carbonyl (C=O) groups is 2. The number of nitrogens with two attached hydrogens (primary N) is 1. The molecule has 2 aliphatic rings. The van der Waals surface area contributed by atoms with E-state index in [0.29, 0.717) is 18.0 Å². The molecule has 0 saturated heterocycles. The van der Waals surface area contributed by atoms with Gasteiger partial charge in [-0.15, -0.1) is 0 Å². The van der Waals surface area contributed by atoms with Crippen molar-refractivity contribution in [2.45, 2.75) is 52.0 Å². The lowest BCUT2D eigenvalue weighted by Gasteiger charge is -2.39. The van der Waals surface area contributed by atoms with Crippen molar-refractivity contribution in [3.05, 3.63) is 34.9 Å². The van der Waals surface area contributed by atoms with Crippen molar-refractivity contribution in [1.29, 1.82) is 0 Å². The molecule has 4 heteroatoms. The number of primary amides is 1. The molecule has 1 aromatic carbocycles. The highest BCUT2D eigenvalue weighted by Crippen LogP contribution is 2.38. The summed E-state index contributed by atoms with van der Waals surface area (Å²) in [4.78, 5) is 26.2. The monoisotopic (exact) mass is 300 g/mol. The minimum Gasteiger partial charge on any atom is -0.366 e. The molecule has 0 atom stereocenters. The average molecular weight is 300 g/mol. The number of benzene rings is 1. The molecule has 1 aromatic rings. The number of hydrogen-bond acceptors (Lipinski definition) is 2. The highest BCUT2D eigenvalue weighted by atomic mass is 16.2. The normalized spacial score (nSPS) is 20.3. The minimum absolute atomic E-state index is 0.178. The molecule has 0 aromatic heterocycles. The molecule has 0 radical (unpaired) electrons. The maximum Gasteiger partial charge on any atom is 0.248 e. The summed E-state index contributed by atoms with van der Waals surface area (Å²) in [5.74, 6) is -0.0900. The van der Waals surface area contributed by atoms with Crippen LogP contribution in [0.2, 0.25) is 0 Å². The molecule has 1 fully saturated rings. The Balaban J connectivity index is 1.76. The molecule has 4 nitrogen and oxygen atoms in total. The first-order chi connectivity index (χ1) is 10.5. The predicted octanol–water partition coefficient (Wildman–Crippen LogP) is 2.64. The third-order valence-corrected chi connectivity index (χ3v) is 5.26. The minimum atomic E-state index is -0.393. The van der Waals surface area contributed by atoms with Crippen LogP contribution in [0.5, 0.6) is 0 Å². The van der Waals surface area contributed by atoms with Crippen LogP contribution in [0.4, 0.5) is 0 Å². The first kappa shape index (κ1) is 15.1. The first-order valence-electron chi connectivity index (χ1n) is 8.21. The van der Waals surface area contributed by atoms with Crippen LogP contribution in [-0.2, 0) is 17.8 Å². The molecule has 1 saturated carbocycles. The Morgan fingerprint density at radius 2 is 1.86 bits per heavy atom. The van der Waals surface area contributed by atoms with Crippen molar-refractivity contribution >= 4 is 11.8 Å². The molecule has 22 heavy (non-hydrogen) atoms. The van der Waals surface area contributed by atoms with Gasteiger partial charge in [-0.25, -0.2) is 0 Å². The van der Waals surface area contributed by atoms with Crippen molar-refractivity contribution in [3.63, 3.8) is 0 Å². The molecule has 0 spiro atoms. The third-order valence-electron chi connectivity index (χ3n) is 5.26. The molecule has 1 aliphatic heterocycles. The zero-order valence-corrected chi connectivity index (χ0v) is 13.2. The van der Waals surface area contributed by atoms with Crippen LogP contribution in [0.1, 0.15) is 60.5 Å². The fourth-order valence-corrected chi connectivity index (χ4v) is 3.81. The second-order valence-corrected chi connectivity index (χ2v) is 6.95. The van der Waals surface area contributed by atoms with E-state index in [1.165, 1.54) is 6.42 Å². The van der Waals surface area contributed by atoms with Gasteiger partial charge >= 0.3 is 0 Å². The van der Waals surface area contributed by atoms with Gasteiger partial charge in [-0.1, -0.05) is 32.3 Å². The SMILES string of the molecule is CC1(C(=O)N2CCc3cc(C(N)=O)ccc3C2)CCCCC1. The number of nitrogens with zero attached hydrogens (tertiary/aromatic N) is 1. The van der Waals surface area contributed by atoms with Gasteiger partial charge in [0.05, 0.1) is 0 Å². The van der Waals surface area contributed by atoms with Gasteiger partial charge in [0.25, 0.3) is 0 Å². The topological polar surface area (TPSA) is 63.4 Å². The van der Waals surface area contributed by atoms with Crippen LogP contribution in [-0.4, -0.2) is 23.3 Å². The predicted molar refractivity (Wildman–Crippen MR) is 85.3 cm³/mol. The lowest BCUT2D eigenvalue weighted by Crippen LogP contribution is -2.45. The fraction of sp³-hybridized carbons (Fsp3) is 0.556. The van der Waals surface area contributed by atoms with Crippen LogP contribution in [0.25, 0.3) is 0 Å². The van der Waals surface area contributed by atoms with E-state index < -0.39 is 5.91 Å². The fourth-order valence-electron chi connectivity index (χ4n) is 3.81. The van der Waals surface area contributed by atoms with E-state index >= 15 is 0 Å². The summed E-state index contributed by atoms with van der Waals surface area (Å²) in [6.45, 7) is 3.52. The van der Waals surface area contributed by atoms with Gasteiger partial charge in [0.15, 0.2) is 0 Å². The molecule has 3 rings (SSSR count). The van der Waals surface area contributed by atoms with Gasteiger partial charge in [-0.2, -0.15) is 0 Å². The van der Waals surface area contributed by atoms with Crippen LogP contribution < -0.4 is 5.73 Å². The Bertz CT molecular complexity index is 603. The van der Waals surface area contributed by atoms with Gasteiger partial charge in [0, 0.05) is 24.1 Å². The third kappa shape index (κ3) is 2.74. The van der Waals surface area contributed by atoms with E-state index in [1.807, 2.05) is 17.0 Å². The summed E-state index contributed by atoms with van der Waals surface area (Å²) in [6.07, 6.45) is 6.40. The zero-order valence-electron chi connectivity index (χ0n) is 13.2. The van der Waals surface area contributed by atoms with Gasteiger partial charge in [0.1, 0.15) is 0 Å². The van der Waals surface area contributed by atoms with E-state index in [9.17, 15) is 9.59 Å². The van der Waals surface area contributed by atoms with Crippen molar-refractivity contribution in [1.82, 2.24) is 4.90 Å². The van der Waals surface area contributed by atoms with Gasteiger partial charge < -0.3 is 10.6 Å². The van der Waals surface area contributed by atoms with E-state index in [-0.39, 0.29) is 5.41 Å². The Labute approximate surface area is 131 Å². The molecule has 2 N–H and O–H groups in total. The van der Waals surface area contributed by atoms with Crippen molar-refractivity contribution in [2.24, 2.45) is 11.1 Å². The summed E-state index contributed by atoms with van der Waals surface area (Å²) in [6, 6.07) is 5.58. The van der Waals surface area contributed by atoms with Crippen molar-refractivity contribution < 1.29 is 9.59 Å². The van der Waals surface area contributed by atoms with Crippen LogP contribution in [0.3, 0.4) is 0 Å². The molecular weight excluding hydrogens is 276 g/mol. The van der Waals surface area contributed by atoms with Crippen LogP contribution in [0, 0.1) is 5.41 Å². The van der Waals surface area contributed by atoms with Gasteiger partial charge in [-0.05, 0) is 42.5 Å². The standard InChI is InChI=1S/C18H24N2O2/c1-18(8-3-2-4-9-18)17(22)20-10-7-13-11-14(16(19)21)5-6-15(13)12-20/h5-6,11H,2-4,7-10,12H2,1H3,(H2,19,21). The van der Waals surface area contributed by atoms with Gasteiger partial charge in [0.2, 0.25) is 11.8 Å². The van der Waals surface area contributed by atoms with E-state index in [4.69, 9.17) is 5.73 Å². The second-order valence-electron chi connectivity index (χ2n) is 6.95. The highest BCUT2D eigenvalue weighted by molar-refractivity contribution is 5.93. The molecule has 2 amide bonds. The number of rotatable bonds is 2. The summed E-state index contributed by atoms with van der Waals surface area (Å²) < 4.78 is 0. The lowest BCUT2D eigenvalue weighted by atomic mass is 9.74. The highest BCUT2D eigenvalue weighted by Gasteiger charge is 2.38. The number of carbonyl (C=O) groups excluding carboxylic acids is 2. The average Bonchev–Trinajstić information content (AvgIpc) is 2.53. The zero-order chi connectivity index (χ0) is 15.7. The van der Waals surface area contributed by atoms with Crippen molar-refractivity contribution in [2.75, 3.05) is 6.54 Å². The Kier molecular flexibility index (Phi) is 3.94. The quantitative estimate of drug-likeness (QED) is 0.912. The summed E-state index contributed by atoms with van der Waals surface area (Å²) in [5.41, 5.74) is 8.00. The lowest BCUT2D eigenvalue weighted by molar-refractivity contribution is -0.144. The smallest absolute Gasteiger partial charge is 0.248 e. The Morgan fingerprint density at radius 1 is 1.14 bits per heavy atom. The summed E-state index contributed by atoms with van der Waals surface area (Å²) in [5, 5.41) is 0. The molecule has 1 heterocycles. The number of amides is 2. The number of hydrogen-bond donors (Lipinski definition) is 1. The Morgan fingerprint density at radius 3 is 2.55 bits per heavy atom.